The molecule has 88 valence electrons. The Morgan fingerprint density at radius 3 is 2.65 bits per heavy atom. The fourth-order valence-electron chi connectivity index (χ4n) is 1.64. The summed E-state index contributed by atoms with van der Waals surface area (Å²) < 4.78 is 0. The van der Waals surface area contributed by atoms with E-state index >= 15 is 0 Å². The monoisotopic (exact) mass is 247 g/mol. The van der Waals surface area contributed by atoms with E-state index in [9.17, 15) is 0 Å². The van der Waals surface area contributed by atoms with Gasteiger partial charge in [0.05, 0.1) is 0 Å². The number of nitrogens with two attached hydrogens (primary N) is 1. The second-order valence-corrected chi connectivity index (χ2v) is 4.28. The maximum atomic E-state index is 6.10. The van der Waals surface area contributed by atoms with Crippen molar-refractivity contribution in [2.75, 3.05) is 0 Å². The van der Waals surface area contributed by atoms with Crippen molar-refractivity contribution in [3.05, 3.63) is 58.1 Å². The number of aryl methyl sites for hydroxylation is 1. The maximum absolute atomic E-state index is 6.10. The summed E-state index contributed by atoms with van der Waals surface area (Å²) in [5, 5.41) is 0.747. The minimum absolute atomic E-state index is 0.470. The summed E-state index contributed by atoms with van der Waals surface area (Å²) in [6.07, 6.45) is 2.43. The number of hydrogen-bond donors (Lipinski definition) is 1. The SMILES string of the molecule is Cc1nc(Cc2ccccc2Cl)ncc1CN. The van der Waals surface area contributed by atoms with Crippen LogP contribution in [0.4, 0.5) is 0 Å². The second-order valence-electron chi connectivity index (χ2n) is 3.87. The van der Waals surface area contributed by atoms with Crippen LogP contribution < -0.4 is 5.73 Å². The Hall–Kier alpha value is -1.45. The quantitative estimate of drug-likeness (QED) is 0.907. The zero-order chi connectivity index (χ0) is 12.3. The molecule has 2 aromatic rings. The van der Waals surface area contributed by atoms with Gasteiger partial charge in [0.25, 0.3) is 0 Å². The van der Waals surface area contributed by atoms with Crippen LogP contribution >= 0.6 is 11.6 Å². The zero-order valence-electron chi connectivity index (χ0n) is 9.65. The molecule has 17 heavy (non-hydrogen) atoms. The first-order chi connectivity index (χ1) is 8.20. The molecule has 2 rings (SSSR count). The van der Waals surface area contributed by atoms with Gasteiger partial charge in [-0.2, -0.15) is 0 Å². The standard InChI is InChI=1S/C13H14ClN3/c1-9-11(7-15)8-16-13(17-9)6-10-4-2-3-5-12(10)14/h2-5,8H,6-7,15H2,1H3. The van der Waals surface area contributed by atoms with Crippen LogP contribution in [0.1, 0.15) is 22.6 Å². The summed E-state index contributed by atoms with van der Waals surface area (Å²) in [6.45, 7) is 2.41. The second kappa shape index (κ2) is 5.25. The van der Waals surface area contributed by atoms with Gasteiger partial charge in [-0.05, 0) is 18.6 Å². The van der Waals surface area contributed by atoms with Gasteiger partial charge < -0.3 is 5.73 Å². The number of aromatic nitrogens is 2. The lowest BCUT2D eigenvalue weighted by Crippen LogP contribution is -2.05. The highest BCUT2D eigenvalue weighted by Gasteiger charge is 2.05. The average Bonchev–Trinajstić information content (AvgIpc) is 2.32. The van der Waals surface area contributed by atoms with E-state index in [0.717, 1.165) is 27.7 Å². The van der Waals surface area contributed by atoms with Gasteiger partial charge in [-0.3, -0.25) is 0 Å². The van der Waals surface area contributed by atoms with Crippen LogP contribution in [0.15, 0.2) is 30.5 Å². The number of rotatable bonds is 3. The van der Waals surface area contributed by atoms with Crippen LogP contribution in [-0.4, -0.2) is 9.97 Å². The number of hydrogen-bond acceptors (Lipinski definition) is 3. The minimum atomic E-state index is 0.470. The average molecular weight is 248 g/mol. The minimum Gasteiger partial charge on any atom is -0.326 e. The number of halogens is 1. The van der Waals surface area contributed by atoms with Gasteiger partial charge in [0.15, 0.2) is 0 Å². The molecule has 0 aliphatic heterocycles. The Morgan fingerprint density at radius 2 is 2.00 bits per heavy atom. The summed E-state index contributed by atoms with van der Waals surface area (Å²) in [4.78, 5) is 8.73. The van der Waals surface area contributed by atoms with Crippen molar-refractivity contribution in [1.29, 1.82) is 0 Å². The first-order valence-corrected chi connectivity index (χ1v) is 5.83. The van der Waals surface area contributed by atoms with Crippen LogP contribution in [-0.2, 0) is 13.0 Å². The van der Waals surface area contributed by atoms with Gasteiger partial charge in [0, 0.05) is 35.4 Å². The highest BCUT2D eigenvalue weighted by atomic mass is 35.5. The van der Waals surface area contributed by atoms with E-state index in [1.165, 1.54) is 0 Å². The molecule has 0 aliphatic carbocycles. The van der Waals surface area contributed by atoms with E-state index < -0.39 is 0 Å². The van der Waals surface area contributed by atoms with E-state index in [2.05, 4.69) is 9.97 Å². The smallest absolute Gasteiger partial charge is 0.132 e. The fourth-order valence-corrected chi connectivity index (χ4v) is 1.84. The Balaban J connectivity index is 2.25. The van der Waals surface area contributed by atoms with Gasteiger partial charge in [-0.15, -0.1) is 0 Å². The van der Waals surface area contributed by atoms with E-state index in [1.807, 2.05) is 31.2 Å². The molecule has 2 N–H and O–H groups in total. The Bertz CT molecular complexity index is 526. The van der Waals surface area contributed by atoms with E-state index in [1.54, 1.807) is 6.20 Å². The van der Waals surface area contributed by atoms with Crippen molar-refractivity contribution in [3.8, 4) is 0 Å². The molecule has 0 radical (unpaired) electrons. The Kier molecular flexibility index (Phi) is 3.71. The summed E-state index contributed by atoms with van der Waals surface area (Å²) >= 11 is 6.10. The molecule has 0 atom stereocenters. The van der Waals surface area contributed by atoms with Crippen molar-refractivity contribution in [3.63, 3.8) is 0 Å². The van der Waals surface area contributed by atoms with Crippen LogP contribution in [0.3, 0.4) is 0 Å². The van der Waals surface area contributed by atoms with Gasteiger partial charge in [0.1, 0.15) is 5.82 Å². The maximum Gasteiger partial charge on any atom is 0.132 e. The topological polar surface area (TPSA) is 51.8 Å². The molecule has 0 saturated carbocycles. The predicted molar refractivity (Wildman–Crippen MR) is 68.9 cm³/mol. The highest BCUT2D eigenvalue weighted by Crippen LogP contribution is 2.17. The molecule has 0 fully saturated rings. The molecule has 0 unspecified atom stereocenters. The molecule has 3 nitrogen and oxygen atoms in total. The van der Waals surface area contributed by atoms with Crippen molar-refractivity contribution in [2.24, 2.45) is 5.73 Å². The van der Waals surface area contributed by atoms with Crippen molar-refractivity contribution >= 4 is 11.6 Å². The van der Waals surface area contributed by atoms with Crippen molar-refractivity contribution < 1.29 is 0 Å². The zero-order valence-corrected chi connectivity index (χ0v) is 10.4. The molecular weight excluding hydrogens is 234 g/mol. The highest BCUT2D eigenvalue weighted by molar-refractivity contribution is 6.31. The van der Waals surface area contributed by atoms with Crippen LogP contribution in [0.5, 0.6) is 0 Å². The third kappa shape index (κ3) is 2.81. The summed E-state index contributed by atoms with van der Waals surface area (Å²) in [5.74, 6) is 0.771. The van der Waals surface area contributed by atoms with Crippen molar-refractivity contribution in [2.45, 2.75) is 19.9 Å². The Morgan fingerprint density at radius 1 is 1.24 bits per heavy atom. The Labute approximate surface area is 106 Å². The third-order valence-corrected chi connectivity index (χ3v) is 3.03. The lowest BCUT2D eigenvalue weighted by molar-refractivity contribution is 0.894. The first kappa shape index (κ1) is 12.0. The molecule has 0 saturated heterocycles. The lowest BCUT2D eigenvalue weighted by Gasteiger charge is -2.06. The number of nitrogens with zero attached hydrogens (tertiary/aromatic N) is 2. The van der Waals surface area contributed by atoms with Crippen molar-refractivity contribution in [1.82, 2.24) is 9.97 Å². The van der Waals surface area contributed by atoms with Crippen LogP contribution in [0.25, 0.3) is 0 Å². The molecular formula is C13H14ClN3. The van der Waals surface area contributed by atoms with Gasteiger partial charge in [0.2, 0.25) is 0 Å². The predicted octanol–water partition coefficient (Wildman–Crippen LogP) is 2.49. The number of benzene rings is 1. The largest absolute Gasteiger partial charge is 0.326 e. The first-order valence-electron chi connectivity index (χ1n) is 5.45. The molecule has 1 aromatic heterocycles. The van der Waals surface area contributed by atoms with Crippen LogP contribution in [0, 0.1) is 6.92 Å². The van der Waals surface area contributed by atoms with Gasteiger partial charge in [-0.1, -0.05) is 29.8 Å². The normalized spacial score (nSPS) is 10.5. The van der Waals surface area contributed by atoms with Crippen LogP contribution in [0.2, 0.25) is 5.02 Å². The molecule has 0 amide bonds. The molecule has 1 aromatic carbocycles. The van der Waals surface area contributed by atoms with E-state index in [0.29, 0.717) is 13.0 Å². The summed E-state index contributed by atoms with van der Waals surface area (Å²) in [6, 6.07) is 7.73. The van der Waals surface area contributed by atoms with Gasteiger partial charge >= 0.3 is 0 Å². The summed E-state index contributed by atoms with van der Waals surface area (Å²) in [7, 11) is 0. The molecule has 0 bridgehead atoms. The molecule has 0 spiro atoms. The van der Waals surface area contributed by atoms with Gasteiger partial charge in [-0.25, -0.2) is 9.97 Å². The lowest BCUT2D eigenvalue weighted by atomic mass is 10.1. The molecule has 0 aliphatic rings. The molecule has 1 heterocycles. The fraction of sp³-hybridized carbons (Fsp3) is 0.231. The third-order valence-electron chi connectivity index (χ3n) is 2.66. The van der Waals surface area contributed by atoms with E-state index in [-0.39, 0.29) is 0 Å². The molecule has 4 heteroatoms. The summed E-state index contributed by atoms with van der Waals surface area (Å²) in [5.41, 5.74) is 8.53. The van der Waals surface area contributed by atoms with E-state index in [4.69, 9.17) is 17.3 Å².